The molecule has 0 spiro atoms. The molecule has 3 nitrogen and oxygen atoms in total. The molecule has 2 aromatic heterocycles. The third-order valence-corrected chi connectivity index (χ3v) is 9.19. The monoisotopic (exact) mass is 713 g/mol. The predicted molar refractivity (Wildman–Crippen MR) is 180 cm³/mol. The lowest BCUT2D eigenvalue weighted by atomic mass is 9.98. The van der Waals surface area contributed by atoms with Crippen molar-refractivity contribution in [2.75, 3.05) is 0 Å². The Balaban J connectivity index is 1.61. The van der Waals surface area contributed by atoms with E-state index >= 15 is 13.2 Å². The van der Waals surface area contributed by atoms with Crippen molar-refractivity contribution in [3.8, 4) is 28.6 Å². The second-order valence-corrected chi connectivity index (χ2v) is 12.2. The molecule has 0 saturated heterocycles. The number of halogens is 9. The average Bonchev–Trinajstić information content (AvgIpc) is 3.62. The van der Waals surface area contributed by atoms with E-state index in [4.69, 9.17) is 0 Å². The molecule has 0 fully saturated rings. The van der Waals surface area contributed by atoms with Crippen molar-refractivity contribution < 1.29 is 39.5 Å². The van der Waals surface area contributed by atoms with Gasteiger partial charge >= 0.3 is 18.5 Å². The number of nitrogens with zero attached hydrogens (tertiary/aromatic N) is 3. The van der Waals surface area contributed by atoms with E-state index in [2.05, 4.69) is 0 Å². The first-order chi connectivity index (χ1) is 24.6. The molecule has 0 saturated carbocycles. The highest BCUT2D eigenvalue weighted by molar-refractivity contribution is 6.11. The molecular formula is C40H20F9N3. The lowest BCUT2D eigenvalue weighted by molar-refractivity contribution is -0.138. The highest BCUT2D eigenvalue weighted by Gasteiger charge is 2.40. The molecule has 12 heteroatoms. The minimum atomic E-state index is -5.20. The smallest absolute Gasteiger partial charge is 0.309 e. The summed E-state index contributed by atoms with van der Waals surface area (Å²) in [6.07, 6.45) is -14.9. The van der Waals surface area contributed by atoms with Crippen LogP contribution in [0.5, 0.6) is 0 Å². The summed E-state index contributed by atoms with van der Waals surface area (Å²) in [6.45, 7) is 0. The molecule has 8 aromatic rings. The fraction of sp³-hybridized carbons (Fsp3) is 0.0750. The van der Waals surface area contributed by atoms with Crippen molar-refractivity contribution in [1.29, 1.82) is 5.26 Å². The second-order valence-electron chi connectivity index (χ2n) is 12.2. The van der Waals surface area contributed by atoms with Gasteiger partial charge in [0.1, 0.15) is 5.56 Å². The number of hydrogen-bond acceptors (Lipinski definition) is 1. The van der Waals surface area contributed by atoms with Crippen LogP contribution in [0.25, 0.3) is 66.1 Å². The minimum absolute atomic E-state index is 0.130. The van der Waals surface area contributed by atoms with Crippen molar-refractivity contribution in [2.24, 2.45) is 0 Å². The van der Waals surface area contributed by atoms with E-state index in [1.807, 2.05) is 6.07 Å². The third-order valence-electron chi connectivity index (χ3n) is 9.19. The normalized spacial score (nSPS) is 12.7. The first-order valence-corrected chi connectivity index (χ1v) is 15.6. The van der Waals surface area contributed by atoms with Gasteiger partial charge in [0, 0.05) is 21.5 Å². The van der Waals surface area contributed by atoms with Crippen LogP contribution in [0.1, 0.15) is 22.3 Å². The molecule has 0 aliphatic heterocycles. The number of rotatable bonds is 3. The second kappa shape index (κ2) is 11.4. The summed E-state index contributed by atoms with van der Waals surface area (Å²) in [7, 11) is 0. The Hall–Kier alpha value is -6.22. The quantitative estimate of drug-likeness (QED) is 0.168. The maximum atomic E-state index is 15.9. The van der Waals surface area contributed by atoms with Crippen LogP contribution in [-0.4, -0.2) is 9.13 Å². The van der Waals surface area contributed by atoms with Crippen LogP contribution in [-0.2, 0) is 18.5 Å². The number of aromatic nitrogens is 2. The van der Waals surface area contributed by atoms with Gasteiger partial charge in [-0.15, -0.1) is 0 Å². The van der Waals surface area contributed by atoms with Crippen molar-refractivity contribution in [2.45, 2.75) is 18.5 Å². The van der Waals surface area contributed by atoms with Gasteiger partial charge in [0.2, 0.25) is 0 Å². The molecule has 52 heavy (non-hydrogen) atoms. The van der Waals surface area contributed by atoms with E-state index in [1.54, 1.807) is 42.5 Å². The van der Waals surface area contributed by atoms with Crippen LogP contribution >= 0.6 is 0 Å². The Labute approximate surface area is 288 Å². The molecule has 258 valence electrons. The van der Waals surface area contributed by atoms with E-state index in [1.165, 1.54) is 54.6 Å². The van der Waals surface area contributed by atoms with Crippen molar-refractivity contribution in [3.05, 3.63) is 144 Å². The van der Waals surface area contributed by atoms with E-state index < -0.39 is 46.6 Å². The van der Waals surface area contributed by atoms with Crippen LogP contribution in [0.4, 0.5) is 39.5 Å². The maximum Gasteiger partial charge on any atom is 0.420 e. The van der Waals surface area contributed by atoms with Crippen molar-refractivity contribution in [3.63, 3.8) is 0 Å². The molecular weight excluding hydrogens is 693 g/mol. The zero-order chi connectivity index (χ0) is 36.7. The first-order valence-electron chi connectivity index (χ1n) is 15.6. The summed E-state index contributed by atoms with van der Waals surface area (Å²) >= 11 is 0. The van der Waals surface area contributed by atoms with Crippen molar-refractivity contribution in [1.82, 2.24) is 9.13 Å². The zero-order valence-electron chi connectivity index (χ0n) is 26.3. The van der Waals surface area contributed by atoms with Crippen molar-refractivity contribution >= 4 is 43.6 Å². The van der Waals surface area contributed by atoms with Gasteiger partial charge in [0.05, 0.1) is 56.2 Å². The Morgan fingerprint density at radius 3 is 1.33 bits per heavy atom. The topological polar surface area (TPSA) is 33.6 Å². The van der Waals surface area contributed by atoms with Gasteiger partial charge in [-0.1, -0.05) is 60.7 Å². The molecule has 0 bridgehead atoms. The van der Waals surface area contributed by atoms with Gasteiger partial charge in [-0.05, 0) is 71.8 Å². The molecule has 8 rings (SSSR count). The number of fused-ring (bicyclic) bond motifs is 6. The van der Waals surface area contributed by atoms with Gasteiger partial charge in [-0.2, -0.15) is 44.8 Å². The highest BCUT2D eigenvalue weighted by atomic mass is 19.4. The van der Waals surface area contributed by atoms with Crippen LogP contribution in [0.3, 0.4) is 0 Å². The lowest BCUT2D eigenvalue weighted by Crippen LogP contribution is -2.16. The van der Waals surface area contributed by atoms with Gasteiger partial charge in [0.15, 0.2) is 0 Å². The average molecular weight is 714 g/mol. The Morgan fingerprint density at radius 1 is 0.423 bits per heavy atom. The molecule has 0 amide bonds. The van der Waals surface area contributed by atoms with Gasteiger partial charge in [0.25, 0.3) is 0 Å². The van der Waals surface area contributed by atoms with Crippen LogP contribution in [0.15, 0.2) is 121 Å². The van der Waals surface area contributed by atoms with Gasteiger partial charge in [-0.25, -0.2) is 0 Å². The maximum absolute atomic E-state index is 15.9. The molecule has 6 aromatic carbocycles. The van der Waals surface area contributed by atoms with E-state index in [-0.39, 0.29) is 44.0 Å². The molecule has 0 atom stereocenters. The molecule has 0 unspecified atom stereocenters. The molecule has 0 aliphatic carbocycles. The van der Waals surface area contributed by atoms with Gasteiger partial charge in [-0.3, -0.25) is 0 Å². The van der Waals surface area contributed by atoms with Crippen LogP contribution in [0.2, 0.25) is 0 Å². The van der Waals surface area contributed by atoms with E-state index in [9.17, 15) is 31.6 Å². The minimum Gasteiger partial charge on any atom is -0.309 e. The lowest BCUT2D eigenvalue weighted by Gasteiger charge is -2.23. The number of alkyl halides is 9. The number of benzene rings is 6. The Kier molecular flexibility index (Phi) is 7.22. The Bertz CT molecular complexity index is 2620. The summed E-state index contributed by atoms with van der Waals surface area (Å²) < 4.78 is 134. The van der Waals surface area contributed by atoms with Crippen LogP contribution < -0.4 is 0 Å². The Morgan fingerprint density at radius 2 is 0.885 bits per heavy atom. The fourth-order valence-corrected chi connectivity index (χ4v) is 7.00. The number of hydrogen-bond donors (Lipinski definition) is 0. The summed E-state index contributed by atoms with van der Waals surface area (Å²) in [5, 5.41) is 10.9. The summed E-state index contributed by atoms with van der Waals surface area (Å²) in [5.41, 5.74) is -4.00. The van der Waals surface area contributed by atoms with Gasteiger partial charge < -0.3 is 9.13 Å². The summed E-state index contributed by atoms with van der Waals surface area (Å²) in [5.74, 6) is 0. The highest BCUT2D eigenvalue weighted by Crippen LogP contribution is 2.47. The largest absolute Gasteiger partial charge is 0.420 e. The number of para-hydroxylation sites is 2. The SMILES string of the molecule is N#Cc1cccc(-c2cc(-n3c4ccccc4c4ccc(C(F)(F)F)cc43)c(C(F)(F)F)c(-n3c4ccccc4c4ccc(C(F)(F)F)cc43)c2)c1. The van der Waals surface area contributed by atoms with E-state index in [0.29, 0.717) is 16.3 Å². The van der Waals surface area contributed by atoms with E-state index in [0.717, 1.165) is 33.4 Å². The van der Waals surface area contributed by atoms with Crippen LogP contribution in [0, 0.1) is 11.3 Å². The third kappa shape index (κ3) is 5.23. The predicted octanol–water partition coefficient (Wildman–Crippen LogP) is 12.5. The fourth-order valence-electron chi connectivity index (χ4n) is 7.00. The zero-order valence-corrected chi connectivity index (χ0v) is 26.3. The molecule has 2 heterocycles. The molecule has 0 N–H and O–H groups in total. The molecule has 0 aliphatic rings. The summed E-state index contributed by atoms with van der Waals surface area (Å²) in [4.78, 5) is 0. The number of nitriles is 1. The standard InChI is InChI=1S/C40H20F9N3/c41-38(42,43)25-12-14-29-27-8-1-3-10-31(27)51(33(29)19-25)35-17-24(23-7-5-6-22(16-23)21-50)18-36(37(35)40(47,48)49)52-32-11-4-2-9-28(32)30-15-13-26(20-34(30)52)39(44,45)46/h1-20H. The summed E-state index contributed by atoms with van der Waals surface area (Å²) in [6, 6.07) is 28.5. The first kappa shape index (κ1) is 33.0. The molecule has 0 radical (unpaired) electrons.